The van der Waals surface area contributed by atoms with Crippen molar-refractivity contribution in [3.05, 3.63) is 35.4 Å². The highest BCUT2D eigenvalue weighted by molar-refractivity contribution is 5.85. The van der Waals surface area contributed by atoms with Crippen molar-refractivity contribution in [2.75, 3.05) is 20.1 Å². The van der Waals surface area contributed by atoms with Crippen LogP contribution in [-0.2, 0) is 10.2 Å². The molecule has 0 aromatic heterocycles. The van der Waals surface area contributed by atoms with Gasteiger partial charge in [0.1, 0.15) is 0 Å². The summed E-state index contributed by atoms with van der Waals surface area (Å²) < 4.78 is 0. The van der Waals surface area contributed by atoms with Crippen molar-refractivity contribution in [3.63, 3.8) is 0 Å². The summed E-state index contributed by atoms with van der Waals surface area (Å²) in [6, 6.07) is 8.67. The first kappa shape index (κ1) is 20.0. The lowest BCUT2D eigenvalue weighted by atomic mass is 9.68. The van der Waals surface area contributed by atoms with Crippen LogP contribution in [0.25, 0.3) is 0 Å². The summed E-state index contributed by atoms with van der Waals surface area (Å²) >= 11 is 0. The molecule has 0 heterocycles. The second kappa shape index (κ2) is 9.29. The predicted octanol–water partition coefficient (Wildman–Crippen LogP) is 3.59. The van der Waals surface area contributed by atoms with Crippen molar-refractivity contribution in [2.24, 2.45) is 5.92 Å². The topological polar surface area (TPSA) is 41.1 Å². The van der Waals surface area contributed by atoms with Gasteiger partial charge in [-0.3, -0.25) is 4.79 Å². The molecule has 1 amide bonds. The van der Waals surface area contributed by atoms with Gasteiger partial charge in [0.15, 0.2) is 0 Å². The third-order valence-electron chi connectivity index (χ3n) is 5.09. The molecule has 0 saturated heterocycles. The van der Waals surface area contributed by atoms with E-state index in [-0.39, 0.29) is 29.6 Å². The minimum atomic E-state index is 0. The van der Waals surface area contributed by atoms with Crippen LogP contribution in [0, 0.1) is 12.8 Å². The van der Waals surface area contributed by atoms with E-state index in [0.29, 0.717) is 0 Å². The van der Waals surface area contributed by atoms with E-state index in [0.717, 1.165) is 13.1 Å². The fourth-order valence-corrected chi connectivity index (χ4v) is 3.77. The fourth-order valence-electron chi connectivity index (χ4n) is 3.77. The zero-order valence-corrected chi connectivity index (χ0v) is 15.5. The summed E-state index contributed by atoms with van der Waals surface area (Å²) in [5.41, 5.74) is 2.90. The predicted molar refractivity (Wildman–Crippen MR) is 99.3 cm³/mol. The average Bonchev–Trinajstić information content (AvgIpc) is 2.54. The molecule has 0 spiro atoms. The Bertz CT molecular complexity index is 498. The van der Waals surface area contributed by atoms with Gasteiger partial charge in [0.2, 0.25) is 5.91 Å². The number of hydrogen-bond acceptors (Lipinski definition) is 2. The maximum Gasteiger partial charge on any atom is 0.224 e. The normalized spacial score (nSPS) is 17.9. The van der Waals surface area contributed by atoms with Crippen LogP contribution in [-0.4, -0.2) is 26.0 Å². The summed E-state index contributed by atoms with van der Waals surface area (Å²) in [4.78, 5) is 12.3. The van der Waals surface area contributed by atoms with E-state index in [4.69, 9.17) is 0 Å². The number of carbonyl (C=O) groups excluding carboxylic acids is 1. The number of aryl methyl sites for hydroxylation is 1. The van der Waals surface area contributed by atoms with Crippen LogP contribution in [0.2, 0.25) is 0 Å². The molecule has 1 saturated carbocycles. The van der Waals surface area contributed by atoms with Crippen LogP contribution in [0.1, 0.15) is 50.2 Å². The van der Waals surface area contributed by atoms with Crippen LogP contribution in [0.4, 0.5) is 0 Å². The molecule has 2 N–H and O–H groups in total. The zero-order chi connectivity index (χ0) is 16.0. The monoisotopic (exact) mass is 338 g/mol. The first-order valence-corrected chi connectivity index (χ1v) is 8.57. The smallest absolute Gasteiger partial charge is 0.224 e. The van der Waals surface area contributed by atoms with E-state index in [1.54, 1.807) is 0 Å². The van der Waals surface area contributed by atoms with E-state index in [9.17, 15) is 4.79 Å². The van der Waals surface area contributed by atoms with Gasteiger partial charge in [0.25, 0.3) is 0 Å². The SMILES string of the molecule is CNCC(C)C(=O)NCC1(c2ccccc2C)CCCCC1.Cl. The Morgan fingerprint density at radius 3 is 2.48 bits per heavy atom. The van der Waals surface area contributed by atoms with Crippen LogP contribution in [0.3, 0.4) is 0 Å². The molecule has 130 valence electrons. The number of hydrogen-bond donors (Lipinski definition) is 2. The largest absolute Gasteiger partial charge is 0.355 e. The van der Waals surface area contributed by atoms with Gasteiger partial charge in [-0.15, -0.1) is 12.4 Å². The Balaban J connectivity index is 0.00000264. The van der Waals surface area contributed by atoms with Crippen molar-refractivity contribution in [1.82, 2.24) is 10.6 Å². The van der Waals surface area contributed by atoms with E-state index in [2.05, 4.69) is 41.8 Å². The maximum atomic E-state index is 12.3. The Morgan fingerprint density at radius 2 is 1.87 bits per heavy atom. The molecule has 1 aliphatic rings. The molecule has 2 rings (SSSR count). The van der Waals surface area contributed by atoms with Crippen LogP contribution < -0.4 is 10.6 Å². The number of amides is 1. The molecule has 0 aliphatic heterocycles. The minimum absolute atomic E-state index is 0. The maximum absolute atomic E-state index is 12.3. The third-order valence-corrected chi connectivity index (χ3v) is 5.09. The highest BCUT2D eigenvalue weighted by atomic mass is 35.5. The van der Waals surface area contributed by atoms with Gasteiger partial charge in [-0.2, -0.15) is 0 Å². The fraction of sp³-hybridized carbons (Fsp3) is 0.632. The van der Waals surface area contributed by atoms with Gasteiger partial charge in [0.05, 0.1) is 0 Å². The molecule has 0 bridgehead atoms. The van der Waals surface area contributed by atoms with Crippen molar-refractivity contribution < 1.29 is 4.79 Å². The van der Waals surface area contributed by atoms with Crippen LogP contribution >= 0.6 is 12.4 Å². The number of rotatable bonds is 6. The van der Waals surface area contributed by atoms with E-state index < -0.39 is 0 Å². The van der Waals surface area contributed by atoms with Crippen molar-refractivity contribution >= 4 is 18.3 Å². The lowest BCUT2D eigenvalue weighted by molar-refractivity contribution is -0.124. The molecule has 1 atom stereocenters. The van der Waals surface area contributed by atoms with Gasteiger partial charge in [0, 0.05) is 24.4 Å². The van der Waals surface area contributed by atoms with E-state index in [1.165, 1.54) is 43.2 Å². The molecule has 1 unspecified atom stereocenters. The summed E-state index contributed by atoms with van der Waals surface area (Å²) in [6.07, 6.45) is 6.20. The zero-order valence-electron chi connectivity index (χ0n) is 14.7. The standard InChI is InChI=1S/C19H30N2O.ClH/c1-15-9-5-6-10-17(15)19(11-7-4-8-12-19)14-21-18(22)16(2)13-20-3;/h5-6,9-10,16,20H,4,7-8,11-14H2,1-3H3,(H,21,22);1H. The molecule has 23 heavy (non-hydrogen) atoms. The van der Waals surface area contributed by atoms with Gasteiger partial charge in [-0.1, -0.05) is 50.5 Å². The highest BCUT2D eigenvalue weighted by Gasteiger charge is 2.35. The Morgan fingerprint density at radius 1 is 1.22 bits per heavy atom. The second-order valence-corrected chi connectivity index (χ2v) is 6.83. The molecule has 1 aromatic rings. The molecule has 4 heteroatoms. The number of carbonyl (C=O) groups is 1. The third kappa shape index (κ3) is 4.95. The first-order chi connectivity index (χ1) is 10.6. The summed E-state index contributed by atoms with van der Waals surface area (Å²) in [6.45, 7) is 5.66. The number of halogens is 1. The average molecular weight is 339 g/mol. The van der Waals surface area contributed by atoms with E-state index >= 15 is 0 Å². The number of benzene rings is 1. The van der Waals surface area contributed by atoms with Crippen LogP contribution in [0.15, 0.2) is 24.3 Å². The molecule has 1 aromatic carbocycles. The highest BCUT2D eigenvalue weighted by Crippen LogP contribution is 2.40. The first-order valence-electron chi connectivity index (χ1n) is 8.57. The Labute approximate surface area is 147 Å². The quantitative estimate of drug-likeness (QED) is 0.832. The van der Waals surface area contributed by atoms with Gasteiger partial charge < -0.3 is 10.6 Å². The summed E-state index contributed by atoms with van der Waals surface area (Å²) in [5.74, 6) is 0.176. The van der Waals surface area contributed by atoms with Crippen molar-refractivity contribution in [2.45, 2.75) is 51.4 Å². The van der Waals surface area contributed by atoms with Gasteiger partial charge >= 0.3 is 0 Å². The van der Waals surface area contributed by atoms with Gasteiger partial charge in [-0.05, 0) is 37.9 Å². The molecular weight excluding hydrogens is 308 g/mol. The Hall–Kier alpha value is -1.06. The minimum Gasteiger partial charge on any atom is -0.355 e. The lowest BCUT2D eigenvalue weighted by Gasteiger charge is -2.39. The van der Waals surface area contributed by atoms with Gasteiger partial charge in [-0.25, -0.2) is 0 Å². The number of nitrogens with one attached hydrogen (secondary N) is 2. The summed E-state index contributed by atoms with van der Waals surface area (Å²) in [5, 5.41) is 6.30. The van der Waals surface area contributed by atoms with E-state index in [1.807, 2.05) is 14.0 Å². The van der Waals surface area contributed by atoms with Crippen LogP contribution in [0.5, 0.6) is 0 Å². The van der Waals surface area contributed by atoms with Crippen molar-refractivity contribution in [3.8, 4) is 0 Å². The van der Waals surface area contributed by atoms with Crippen molar-refractivity contribution in [1.29, 1.82) is 0 Å². The lowest BCUT2D eigenvalue weighted by Crippen LogP contribution is -2.45. The molecule has 0 radical (unpaired) electrons. The molecule has 1 aliphatic carbocycles. The Kier molecular flexibility index (Phi) is 8.07. The molecular formula is C19H31ClN2O. The molecule has 1 fully saturated rings. The summed E-state index contributed by atoms with van der Waals surface area (Å²) in [7, 11) is 1.89. The second-order valence-electron chi connectivity index (χ2n) is 6.83. The molecule has 3 nitrogen and oxygen atoms in total.